The molecule has 2 heterocycles. The van der Waals surface area contributed by atoms with E-state index in [2.05, 4.69) is 15.3 Å². The molecule has 0 saturated carbocycles. The lowest BCUT2D eigenvalue weighted by atomic mass is 10.1. The Balaban J connectivity index is 2.14. The van der Waals surface area contributed by atoms with Crippen molar-refractivity contribution in [3.63, 3.8) is 0 Å². The van der Waals surface area contributed by atoms with Crippen LogP contribution in [0.1, 0.15) is 38.2 Å². The largest absolute Gasteiger partial charge is 0.368 e. The van der Waals surface area contributed by atoms with Gasteiger partial charge in [-0.3, -0.25) is 0 Å². The van der Waals surface area contributed by atoms with Gasteiger partial charge in [0.1, 0.15) is 17.3 Å². The average molecular weight is 304 g/mol. The summed E-state index contributed by atoms with van der Waals surface area (Å²) in [5, 5.41) is 3.22. The van der Waals surface area contributed by atoms with E-state index in [1.54, 1.807) is 0 Å². The van der Waals surface area contributed by atoms with Crippen LogP contribution in [-0.2, 0) is 9.84 Å². The number of sulfone groups is 1. The first kappa shape index (κ1) is 14.5. The molecule has 2 rings (SSSR count). The van der Waals surface area contributed by atoms with Crippen LogP contribution < -0.4 is 5.32 Å². The molecule has 1 aliphatic heterocycles. The molecule has 106 valence electrons. The van der Waals surface area contributed by atoms with Crippen molar-refractivity contribution in [2.24, 2.45) is 0 Å². The molecule has 1 aliphatic rings. The number of halogens is 1. The van der Waals surface area contributed by atoms with E-state index >= 15 is 0 Å². The van der Waals surface area contributed by atoms with Gasteiger partial charge in [0.05, 0.1) is 11.0 Å². The lowest BCUT2D eigenvalue weighted by molar-refractivity contribution is 0.591. The van der Waals surface area contributed by atoms with Crippen molar-refractivity contribution in [3.05, 3.63) is 17.0 Å². The predicted molar refractivity (Wildman–Crippen MR) is 76.4 cm³/mol. The minimum Gasteiger partial charge on any atom is -0.368 e. The molecular weight excluding hydrogens is 286 g/mol. The second-order valence-corrected chi connectivity index (χ2v) is 7.85. The van der Waals surface area contributed by atoms with Crippen molar-refractivity contribution in [2.45, 2.75) is 37.9 Å². The summed E-state index contributed by atoms with van der Waals surface area (Å²) in [4.78, 5) is 8.13. The van der Waals surface area contributed by atoms with Crippen LogP contribution in [0.3, 0.4) is 0 Å². The van der Waals surface area contributed by atoms with Crippen molar-refractivity contribution in [1.29, 1.82) is 0 Å². The lowest BCUT2D eigenvalue weighted by Crippen LogP contribution is -2.26. The van der Waals surface area contributed by atoms with Crippen molar-refractivity contribution in [2.75, 3.05) is 17.6 Å². The molecule has 0 aliphatic carbocycles. The smallest absolute Gasteiger partial charge is 0.154 e. The number of rotatable bonds is 4. The summed E-state index contributed by atoms with van der Waals surface area (Å²) in [6.07, 6.45) is 2.85. The minimum atomic E-state index is -2.94. The number of aromatic nitrogens is 2. The summed E-state index contributed by atoms with van der Waals surface area (Å²) in [7, 11) is -2.94. The van der Waals surface area contributed by atoms with Gasteiger partial charge >= 0.3 is 0 Å². The van der Waals surface area contributed by atoms with E-state index in [1.807, 2.05) is 13.8 Å². The first-order valence-electron chi connectivity index (χ1n) is 6.37. The number of hydrogen-bond acceptors (Lipinski definition) is 5. The van der Waals surface area contributed by atoms with Crippen LogP contribution in [0.5, 0.6) is 0 Å². The van der Waals surface area contributed by atoms with Crippen LogP contribution in [0.15, 0.2) is 6.33 Å². The van der Waals surface area contributed by atoms with Crippen LogP contribution in [0, 0.1) is 0 Å². The Morgan fingerprint density at radius 3 is 2.79 bits per heavy atom. The Labute approximate surface area is 118 Å². The zero-order valence-electron chi connectivity index (χ0n) is 11.1. The van der Waals surface area contributed by atoms with Gasteiger partial charge in [-0.15, -0.1) is 0 Å². The molecular formula is C12H18ClN3O2S. The van der Waals surface area contributed by atoms with E-state index in [0.29, 0.717) is 29.7 Å². The van der Waals surface area contributed by atoms with Crippen LogP contribution in [0.2, 0.25) is 5.15 Å². The summed E-state index contributed by atoms with van der Waals surface area (Å²) < 4.78 is 23.5. The van der Waals surface area contributed by atoms with Crippen molar-refractivity contribution in [1.82, 2.24) is 9.97 Å². The molecule has 1 aromatic rings. The molecule has 0 amide bonds. The van der Waals surface area contributed by atoms with Crippen molar-refractivity contribution < 1.29 is 8.42 Å². The molecule has 1 unspecified atom stereocenters. The third-order valence-electron chi connectivity index (χ3n) is 3.37. The Hall–Kier alpha value is -0.880. The third-order valence-corrected chi connectivity index (χ3v) is 5.95. The average Bonchev–Trinajstić information content (AvgIpc) is 2.65. The zero-order chi connectivity index (χ0) is 14.0. The molecule has 1 saturated heterocycles. The standard InChI is InChI=1S/C12H18ClN3O2S/c1-8(2)10-11(13)15-7-16-12(10)14-6-9-4-3-5-19(9,17)18/h7-9H,3-6H2,1-2H3,(H,14,15,16). The topological polar surface area (TPSA) is 72.0 Å². The van der Waals surface area contributed by atoms with Crippen LogP contribution >= 0.6 is 11.6 Å². The van der Waals surface area contributed by atoms with Gasteiger partial charge in [-0.25, -0.2) is 18.4 Å². The van der Waals surface area contributed by atoms with Crippen LogP contribution in [-0.4, -0.2) is 35.9 Å². The molecule has 7 heteroatoms. The lowest BCUT2D eigenvalue weighted by Gasteiger charge is -2.16. The summed E-state index contributed by atoms with van der Waals surface area (Å²) >= 11 is 6.07. The molecule has 0 bridgehead atoms. The highest BCUT2D eigenvalue weighted by atomic mass is 35.5. The Bertz CT molecular complexity index is 560. The van der Waals surface area contributed by atoms with E-state index in [9.17, 15) is 8.42 Å². The fraction of sp³-hybridized carbons (Fsp3) is 0.667. The SMILES string of the molecule is CC(C)c1c(Cl)ncnc1NCC1CCCS1(=O)=O. The summed E-state index contributed by atoms with van der Waals surface area (Å²) in [6, 6.07) is 0. The molecule has 1 atom stereocenters. The Kier molecular flexibility index (Phi) is 4.30. The molecule has 5 nitrogen and oxygen atoms in total. The van der Waals surface area contributed by atoms with E-state index in [1.165, 1.54) is 6.33 Å². The van der Waals surface area contributed by atoms with Gasteiger partial charge in [0.25, 0.3) is 0 Å². The monoisotopic (exact) mass is 303 g/mol. The fourth-order valence-electron chi connectivity index (χ4n) is 2.32. The van der Waals surface area contributed by atoms with Crippen molar-refractivity contribution >= 4 is 27.3 Å². The number of hydrogen-bond donors (Lipinski definition) is 1. The highest BCUT2D eigenvalue weighted by molar-refractivity contribution is 7.92. The van der Waals surface area contributed by atoms with E-state index in [4.69, 9.17) is 11.6 Å². The maximum atomic E-state index is 11.8. The van der Waals surface area contributed by atoms with E-state index < -0.39 is 9.84 Å². The first-order chi connectivity index (χ1) is 8.92. The van der Waals surface area contributed by atoms with Crippen molar-refractivity contribution in [3.8, 4) is 0 Å². The van der Waals surface area contributed by atoms with E-state index in [-0.39, 0.29) is 11.2 Å². The third kappa shape index (κ3) is 3.17. The maximum absolute atomic E-state index is 11.8. The summed E-state index contributed by atoms with van der Waals surface area (Å²) in [5.41, 5.74) is 0.833. The fourth-order valence-corrected chi connectivity index (χ4v) is 4.44. The van der Waals surface area contributed by atoms with Crippen LogP contribution in [0.4, 0.5) is 5.82 Å². The number of nitrogens with one attached hydrogen (secondary N) is 1. The van der Waals surface area contributed by atoms with Gasteiger partial charge in [-0.05, 0) is 18.8 Å². The van der Waals surface area contributed by atoms with Crippen LogP contribution in [0.25, 0.3) is 0 Å². The molecule has 0 aromatic carbocycles. The number of anilines is 1. The molecule has 19 heavy (non-hydrogen) atoms. The molecule has 0 radical (unpaired) electrons. The van der Waals surface area contributed by atoms with Gasteiger partial charge in [0, 0.05) is 12.1 Å². The molecule has 1 fully saturated rings. The van der Waals surface area contributed by atoms with Gasteiger partial charge < -0.3 is 5.32 Å². The first-order valence-corrected chi connectivity index (χ1v) is 8.47. The second-order valence-electron chi connectivity index (χ2n) is 5.09. The Morgan fingerprint density at radius 1 is 1.47 bits per heavy atom. The van der Waals surface area contributed by atoms with Gasteiger partial charge in [-0.1, -0.05) is 25.4 Å². The minimum absolute atomic E-state index is 0.177. The summed E-state index contributed by atoms with van der Waals surface area (Å²) in [5.74, 6) is 1.11. The highest BCUT2D eigenvalue weighted by Crippen LogP contribution is 2.28. The molecule has 1 aromatic heterocycles. The normalized spacial score (nSPS) is 21.8. The predicted octanol–water partition coefficient (Wildman–Crippen LogP) is 2.24. The van der Waals surface area contributed by atoms with Gasteiger partial charge in [0.15, 0.2) is 9.84 Å². The Morgan fingerprint density at radius 2 is 2.21 bits per heavy atom. The van der Waals surface area contributed by atoms with Gasteiger partial charge in [0.2, 0.25) is 0 Å². The zero-order valence-corrected chi connectivity index (χ0v) is 12.6. The van der Waals surface area contributed by atoms with Gasteiger partial charge in [-0.2, -0.15) is 0 Å². The maximum Gasteiger partial charge on any atom is 0.154 e. The summed E-state index contributed by atoms with van der Waals surface area (Å²) in [6.45, 7) is 4.39. The number of nitrogens with zero attached hydrogens (tertiary/aromatic N) is 2. The highest BCUT2D eigenvalue weighted by Gasteiger charge is 2.31. The quantitative estimate of drug-likeness (QED) is 0.864. The second kappa shape index (κ2) is 5.63. The molecule has 0 spiro atoms. The van der Waals surface area contributed by atoms with E-state index in [0.717, 1.165) is 12.0 Å². The molecule has 1 N–H and O–H groups in total.